The molecule has 6 rings (SSSR count). The molecule has 2 aromatic rings. The fraction of sp³-hybridized carbons (Fsp3) is 0.579. The van der Waals surface area contributed by atoms with Gasteiger partial charge in [0.25, 0.3) is 0 Å². The minimum Gasteiger partial charge on any atom is -0.404 e. The lowest BCUT2D eigenvalue weighted by atomic mass is 9.65. The summed E-state index contributed by atoms with van der Waals surface area (Å²) in [5.41, 5.74) is 3.70. The van der Waals surface area contributed by atoms with Crippen LogP contribution in [0.15, 0.2) is 18.2 Å². The summed E-state index contributed by atoms with van der Waals surface area (Å²) in [4.78, 5) is 24.6. The number of phosphoric ester groups is 1. The summed E-state index contributed by atoms with van der Waals surface area (Å²) in [7, 11) is -4.54. The van der Waals surface area contributed by atoms with E-state index in [2.05, 4.69) is 16.8 Å². The van der Waals surface area contributed by atoms with Crippen molar-refractivity contribution in [2.24, 2.45) is 11.8 Å². The Morgan fingerprint density at radius 2 is 2.19 bits per heavy atom. The van der Waals surface area contributed by atoms with Crippen molar-refractivity contribution in [3.05, 3.63) is 29.5 Å². The number of aromatic amines is 1. The minimum atomic E-state index is -4.54. The van der Waals surface area contributed by atoms with Gasteiger partial charge in [0.15, 0.2) is 0 Å². The Morgan fingerprint density at radius 1 is 1.35 bits per heavy atom. The highest BCUT2D eigenvalue weighted by atomic mass is 31.2. The Labute approximate surface area is 152 Å². The topological polar surface area (TPSA) is 85.8 Å². The average Bonchev–Trinajstić information content (AvgIpc) is 2.91. The number of hydrogen-bond acceptors (Lipinski definition) is 3. The van der Waals surface area contributed by atoms with Crippen LogP contribution in [-0.4, -0.2) is 38.8 Å². The smallest absolute Gasteiger partial charge is 0.404 e. The van der Waals surface area contributed by atoms with E-state index in [-0.39, 0.29) is 5.75 Å². The maximum Gasteiger partial charge on any atom is 0.524 e. The van der Waals surface area contributed by atoms with E-state index < -0.39 is 7.82 Å². The molecular formula is C19H25N2O4P. The zero-order chi connectivity index (χ0) is 18.1. The molecule has 3 N–H and O–H groups in total. The number of nitrogens with zero attached hydrogens (tertiary/aromatic N) is 1. The maximum absolute atomic E-state index is 11.2. The Kier molecular flexibility index (Phi) is 3.77. The number of fused-ring (bicyclic) bond motifs is 4. The highest BCUT2D eigenvalue weighted by Gasteiger charge is 2.48. The molecule has 4 aliphatic rings. The zero-order valence-electron chi connectivity index (χ0n) is 14.9. The summed E-state index contributed by atoms with van der Waals surface area (Å²) in [6.07, 6.45) is 4.84. The molecule has 5 atom stereocenters. The summed E-state index contributed by atoms with van der Waals surface area (Å²) in [6.45, 7) is 4.61. The van der Waals surface area contributed by atoms with Crippen molar-refractivity contribution in [2.75, 3.05) is 13.1 Å². The van der Waals surface area contributed by atoms with E-state index >= 15 is 0 Å². The first-order valence-corrected chi connectivity index (χ1v) is 11.1. The largest absolute Gasteiger partial charge is 0.524 e. The second kappa shape index (κ2) is 5.83. The molecular weight excluding hydrogens is 351 g/mol. The van der Waals surface area contributed by atoms with E-state index in [4.69, 9.17) is 14.3 Å². The second-order valence-corrected chi connectivity index (χ2v) is 9.32. The maximum atomic E-state index is 11.2. The predicted molar refractivity (Wildman–Crippen MR) is 99.3 cm³/mol. The van der Waals surface area contributed by atoms with Crippen LogP contribution in [0, 0.1) is 11.8 Å². The Hall–Kier alpha value is -1.33. The Balaban J connectivity index is 1.60. The molecule has 140 valence electrons. The molecule has 26 heavy (non-hydrogen) atoms. The lowest BCUT2D eigenvalue weighted by molar-refractivity contribution is -0.0134. The van der Waals surface area contributed by atoms with Crippen LogP contribution >= 0.6 is 7.82 Å². The summed E-state index contributed by atoms with van der Waals surface area (Å²) < 4.78 is 16.0. The van der Waals surface area contributed by atoms with E-state index in [1.807, 2.05) is 6.07 Å². The molecule has 1 aliphatic carbocycles. The Morgan fingerprint density at radius 3 is 2.96 bits per heavy atom. The number of hydrogen-bond donors (Lipinski definition) is 3. The van der Waals surface area contributed by atoms with Crippen LogP contribution in [0.4, 0.5) is 0 Å². The van der Waals surface area contributed by atoms with Gasteiger partial charge in [0.05, 0.1) is 0 Å². The number of nitrogens with one attached hydrogen (secondary N) is 1. The molecule has 0 amide bonds. The highest BCUT2D eigenvalue weighted by molar-refractivity contribution is 7.46. The van der Waals surface area contributed by atoms with Crippen LogP contribution in [0.1, 0.15) is 43.4 Å². The molecule has 1 saturated carbocycles. The van der Waals surface area contributed by atoms with E-state index in [0.29, 0.717) is 12.0 Å². The van der Waals surface area contributed by atoms with Gasteiger partial charge in [-0.05, 0) is 54.9 Å². The summed E-state index contributed by atoms with van der Waals surface area (Å²) in [6, 6.07) is 5.92. The number of benzene rings is 1. The van der Waals surface area contributed by atoms with Crippen molar-refractivity contribution in [1.29, 1.82) is 0 Å². The van der Waals surface area contributed by atoms with Gasteiger partial charge in [0, 0.05) is 41.6 Å². The molecule has 1 unspecified atom stereocenters. The molecule has 2 saturated heterocycles. The van der Waals surface area contributed by atoms with Gasteiger partial charge in [-0.1, -0.05) is 13.3 Å². The SMILES string of the molecule is CC[C@H]1C[C@@H]2C[C@H]3c4[nH]c5ccc(OP(=O)(O)O)cc5c4CCN(C2)[C@@H]13. The molecule has 4 heterocycles. The fourth-order valence-electron chi connectivity index (χ4n) is 5.87. The number of H-pyrrole nitrogens is 1. The third-order valence-electron chi connectivity index (χ3n) is 6.71. The standard InChI is InChI=1S/C19H25N2O4P/c1-2-12-7-11-8-16-18-14(5-6-21(10-11)19(12)16)15-9-13(25-26(22,23)24)3-4-17(15)20-18/h3-4,9,11-12,16,19-20H,2,5-8,10H2,1H3,(H2,22,23,24)/t11-,12+,16+,19+/m1/s1. The van der Waals surface area contributed by atoms with Crippen LogP contribution in [0.2, 0.25) is 0 Å². The van der Waals surface area contributed by atoms with Crippen molar-refractivity contribution >= 4 is 18.7 Å². The first-order chi connectivity index (χ1) is 12.4. The molecule has 3 fully saturated rings. The molecule has 6 nitrogen and oxygen atoms in total. The molecule has 0 radical (unpaired) electrons. The molecule has 1 aromatic carbocycles. The van der Waals surface area contributed by atoms with Crippen LogP contribution in [0.25, 0.3) is 10.9 Å². The first kappa shape index (κ1) is 16.8. The monoisotopic (exact) mass is 376 g/mol. The normalized spacial score (nSPS) is 33.1. The van der Waals surface area contributed by atoms with Gasteiger partial charge < -0.3 is 9.51 Å². The van der Waals surface area contributed by atoms with Gasteiger partial charge in [0.1, 0.15) is 5.75 Å². The quantitative estimate of drug-likeness (QED) is 0.715. The van der Waals surface area contributed by atoms with Crippen LogP contribution in [0.5, 0.6) is 5.75 Å². The second-order valence-electron chi connectivity index (χ2n) is 8.15. The molecule has 3 aliphatic heterocycles. The van der Waals surface area contributed by atoms with Crippen LogP contribution in [-0.2, 0) is 11.0 Å². The number of phosphoric acid groups is 1. The fourth-order valence-corrected chi connectivity index (χ4v) is 6.25. The lowest BCUT2D eigenvalue weighted by Gasteiger charge is -2.53. The number of piperidine rings is 2. The van der Waals surface area contributed by atoms with Gasteiger partial charge in [-0.25, -0.2) is 4.57 Å². The molecule has 4 bridgehead atoms. The third kappa shape index (κ3) is 2.63. The third-order valence-corrected chi connectivity index (χ3v) is 7.16. The van der Waals surface area contributed by atoms with Gasteiger partial charge in [-0.15, -0.1) is 0 Å². The molecule has 7 heteroatoms. The summed E-state index contributed by atoms with van der Waals surface area (Å²) in [5, 5.41) is 1.05. The van der Waals surface area contributed by atoms with Crippen molar-refractivity contribution in [3.8, 4) is 5.75 Å². The van der Waals surface area contributed by atoms with Gasteiger partial charge in [-0.2, -0.15) is 0 Å². The summed E-state index contributed by atoms with van der Waals surface area (Å²) in [5.74, 6) is 2.34. The van der Waals surface area contributed by atoms with E-state index in [0.717, 1.165) is 35.7 Å². The lowest BCUT2D eigenvalue weighted by Crippen LogP contribution is -2.56. The van der Waals surface area contributed by atoms with Gasteiger partial charge in [-0.3, -0.25) is 14.7 Å². The Bertz CT molecular complexity index is 904. The van der Waals surface area contributed by atoms with Gasteiger partial charge >= 0.3 is 7.82 Å². The average molecular weight is 376 g/mol. The van der Waals surface area contributed by atoms with Gasteiger partial charge in [0.2, 0.25) is 0 Å². The van der Waals surface area contributed by atoms with Crippen molar-refractivity contribution in [1.82, 2.24) is 9.88 Å². The van der Waals surface area contributed by atoms with Crippen molar-refractivity contribution < 1.29 is 18.9 Å². The van der Waals surface area contributed by atoms with Crippen molar-refractivity contribution in [2.45, 2.75) is 44.6 Å². The minimum absolute atomic E-state index is 0.230. The number of rotatable bonds is 3. The number of aromatic nitrogens is 1. The molecule has 0 spiro atoms. The summed E-state index contributed by atoms with van der Waals surface area (Å²) >= 11 is 0. The van der Waals surface area contributed by atoms with E-state index in [1.165, 1.54) is 37.1 Å². The molecule has 1 aromatic heterocycles. The van der Waals surface area contributed by atoms with E-state index in [1.54, 1.807) is 12.1 Å². The van der Waals surface area contributed by atoms with Crippen LogP contribution < -0.4 is 4.52 Å². The highest BCUT2D eigenvalue weighted by Crippen LogP contribution is 2.51. The zero-order valence-corrected chi connectivity index (χ0v) is 15.8. The first-order valence-electron chi connectivity index (χ1n) is 9.56. The van der Waals surface area contributed by atoms with Crippen molar-refractivity contribution in [3.63, 3.8) is 0 Å². The van der Waals surface area contributed by atoms with E-state index in [9.17, 15) is 4.57 Å². The predicted octanol–water partition coefficient (Wildman–Crippen LogP) is 3.40. The van der Waals surface area contributed by atoms with Crippen LogP contribution in [0.3, 0.4) is 0 Å².